The third-order valence-electron chi connectivity index (χ3n) is 3.22. The lowest BCUT2D eigenvalue weighted by molar-refractivity contribution is 0.156. The lowest BCUT2D eigenvalue weighted by Gasteiger charge is -2.17. The summed E-state index contributed by atoms with van der Waals surface area (Å²) in [6.07, 6.45) is 5.20. The Morgan fingerprint density at radius 1 is 1.38 bits per heavy atom. The fraction of sp³-hybridized carbons (Fsp3) is 0.538. The molecule has 0 spiro atoms. The monoisotopic (exact) mass is 221 g/mol. The van der Waals surface area contributed by atoms with Crippen molar-refractivity contribution >= 4 is 0 Å². The predicted molar refractivity (Wildman–Crippen MR) is 62.7 cm³/mol. The third-order valence-corrected chi connectivity index (χ3v) is 3.22. The molecule has 2 N–H and O–H groups in total. The maximum atomic E-state index is 8.82. The zero-order valence-electron chi connectivity index (χ0n) is 9.70. The van der Waals surface area contributed by atoms with E-state index in [0.29, 0.717) is 12.6 Å². The van der Waals surface area contributed by atoms with Gasteiger partial charge in [0.05, 0.1) is 6.10 Å². The first-order chi connectivity index (χ1) is 7.81. The Bertz CT molecular complexity index is 346. The molecule has 1 aromatic carbocycles. The second kappa shape index (κ2) is 5.32. The molecule has 2 rings (SSSR count). The van der Waals surface area contributed by atoms with Gasteiger partial charge in [-0.3, -0.25) is 0 Å². The molecule has 0 amide bonds. The van der Waals surface area contributed by atoms with Gasteiger partial charge in [0.25, 0.3) is 0 Å². The van der Waals surface area contributed by atoms with Gasteiger partial charge in [0.15, 0.2) is 0 Å². The zero-order valence-corrected chi connectivity index (χ0v) is 9.70. The SMILES string of the molecule is Cc1cccc(OC2CCCC2)c1CNO. The Kier molecular flexibility index (Phi) is 3.80. The molecular formula is C13H19NO2. The van der Waals surface area contributed by atoms with Crippen molar-refractivity contribution in [2.24, 2.45) is 0 Å². The molecule has 0 aliphatic heterocycles. The summed E-state index contributed by atoms with van der Waals surface area (Å²) in [5.41, 5.74) is 4.41. The lowest BCUT2D eigenvalue weighted by atomic mass is 10.1. The minimum absolute atomic E-state index is 0.360. The molecule has 1 aliphatic rings. The van der Waals surface area contributed by atoms with E-state index in [1.54, 1.807) is 0 Å². The molecule has 0 unspecified atom stereocenters. The van der Waals surface area contributed by atoms with Crippen LogP contribution in [0.25, 0.3) is 0 Å². The van der Waals surface area contributed by atoms with E-state index < -0.39 is 0 Å². The van der Waals surface area contributed by atoms with Crippen molar-refractivity contribution in [2.75, 3.05) is 0 Å². The number of aryl methyl sites for hydroxylation is 1. The molecule has 3 heteroatoms. The summed E-state index contributed by atoms with van der Waals surface area (Å²) in [7, 11) is 0. The number of hydrogen-bond acceptors (Lipinski definition) is 3. The summed E-state index contributed by atoms with van der Waals surface area (Å²) in [5.74, 6) is 0.911. The minimum Gasteiger partial charge on any atom is -0.490 e. The van der Waals surface area contributed by atoms with Gasteiger partial charge in [-0.25, -0.2) is 5.48 Å². The quantitative estimate of drug-likeness (QED) is 0.768. The van der Waals surface area contributed by atoms with Crippen LogP contribution in [0.5, 0.6) is 5.75 Å². The Hall–Kier alpha value is -1.06. The molecule has 3 nitrogen and oxygen atoms in total. The van der Waals surface area contributed by atoms with Gasteiger partial charge in [-0.2, -0.15) is 0 Å². The van der Waals surface area contributed by atoms with Crippen molar-refractivity contribution in [3.63, 3.8) is 0 Å². The molecule has 0 radical (unpaired) electrons. The summed E-state index contributed by atoms with van der Waals surface area (Å²) in [6, 6.07) is 6.02. The highest BCUT2D eigenvalue weighted by Crippen LogP contribution is 2.28. The van der Waals surface area contributed by atoms with E-state index in [1.807, 2.05) is 25.1 Å². The van der Waals surface area contributed by atoms with Crippen LogP contribution in [-0.4, -0.2) is 11.3 Å². The van der Waals surface area contributed by atoms with E-state index >= 15 is 0 Å². The topological polar surface area (TPSA) is 41.5 Å². The second-order valence-electron chi connectivity index (χ2n) is 4.41. The maximum Gasteiger partial charge on any atom is 0.124 e. The van der Waals surface area contributed by atoms with Gasteiger partial charge in [0.1, 0.15) is 5.75 Å². The summed E-state index contributed by atoms with van der Waals surface area (Å²) in [6.45, 7) is 2.48. The van der Waals surface area contributed by atoms with Crippen molar-refractivity contribution in [1.29, 1.82) is 0 Å². The van der Waals surface area contributed by atoms with Crippen molar-refractivity contribution < 1.29 is 9.94 Å². The Morgan fingerprint density at radius 2 is 2.12 bits per heavy atom. The number of rotatable bonds is 4. The average Bonchev–Trinajstić information content (AvgIpc) is 2.76. The van der Waals surface area contributed by atoms with Crippen molar-refractivity contribution in [3.05, 3.63) is 29.3 Å². The van der Waals surface area contributed by atoms with E-state index in [-0.39, 0.29) is 0 Å². The van der Waals surface area contributed by atoms with Gasteiger partial charge in [-0.1, -0.05) is 12.1 Å². The van der Waals surface area contributed by atoms with Crippen LogP contribution < -0.4 is 10.2 Å². The van der Waals surface area contributed by atoms with Gasteiger partial charge < -0.3 is 9.94 Å². The fourth-order valence-corrected chi connectivity index (χ4v) is 2.28. The number of hydroxylamine groups is 1. The summed E-state index contributed by atoms with van der Waals surface area (Å²) in [5, 5.41) is 8.82. The van der Waals surface area contributed by atoms with Gasteiger partial charge in [-0.15, -0.1) is 0 Å². The highest BCUT2D eigenvalue weighted by molar-refractivity contribution is 5.39. The maximum absolute atomic E-state index is 8.82. The number of nitrogens with one attached hydrogen (secondary N) is 1. The second-order valence-corrected chi connectivity index (χ2v) is 4.41. The fourth-order valence-electron chi connectivity index (χ4n) is 2.28. The summed E-state index contributed by atoms with van der Waals surface area (Å²) < 4.78 is 5.99. The molecule has 0 bridgehead atoms. The Morgan fingerprint density at radius 3 is 2.81 bits per heavy atom. The molecule has 0 saturated heterocycles. The first-order valence-corrected chi connectivity index (χ1v) is 5.93. The van der Waals surface area contributed by atoms with Gasteiger partial charge in [0.2, 0.25) is 0 Å². The van der Waals surface area contributed by atoms with Gasteiger partial charge in [-0.05, 0) is 44.2 Å². The van der Waals surface area contributed by atoms with E-state index in [9.17, 15) is 0 Å². The Balaban J connectivity index is 2.14. The van der Waals surface area contributed by atoms with Crippen LogP contribution in [0, 0.1) is 6.92 Å². The minimum atomic E-state index is 0.360. The van der Waals surface area contributed by atoms with Crippen molar-refractivity contribution in [3.8, 4) is 5.75 Å². The summed E-state index contributed by atoms with van der Waals surface area (Å²) in [4.78, 5) is 0. The number of benzene rings is 1. The normalized spacial score (nSPS) is 16.6. The van der Waals surface area contributed by atoms with Crippen LogP contribution >= 0.6 is 0 Å². The molecule has 1 aliphatic carbocycles. The predicted octanol–water partition coefficient (Wildman–Crippen LogP) is 2.80. The van der Waals surface area contributed by atoms with E-state index in [4.69, 9.17) is 9.94 Å². The zero-order chi connectivity index (χ0) is 11.4. The first-order valence-electron chi connectivity index (χ1n) is 5.93. The van der Waals surface area contributed by atoms with Crippen LogP contribution in [0.1, 0.15) is 36.8 Å². The van der Waals surface area contributed by atoms with Crippen LogP contribution in [-0.2, 0) is 6.54 Å². The van der Waals surface area contributed by atoms with E-state index in [2.05, 4.69) is 5.48 Å². The highest BCUT2D eigenvalue weighted by Gasteiger charge is 2.18. The van der Waals surface area contributed by atoms with Crippen molar-refractivity contribution in [1.82, 2.24) is 5.48 Å². The van der Waals surface area contributed by atoms with Crippen LogP contribution in [0.15, 0.2) is 18.2 Å². The molecule has 0 aromatic heterocycles. The van der Waals surface area contributed by atoms with Crippen LogP contribution in [0.3, 0.4) is 0 Å². The number of hydrogen-bond donors (Lipinski definition) is 2. The lowest BCUT2D eigenvalue weighted by Crippen LogP contribution is -2.15. The van der Waals surface area contributed by atoms with Gasteiger partial charge in [0, 0.05) is 12.1 Å². The molecule has 88 valence electrons. The van der Waals surface area contributed by atoms with Gasteiger partial charge >= 0.3 is 0 Å². The average molecular weight is 221 g/mol. The molecule has 1 saturated carbocycles. The largest absolute Gasteiger partial charge is 0.490 e. The molecule has 0 heterocycles. The standard InChI is InChI=1S/C13H19NO2/c1-10-5-4-8-13(12(10)9-14-15)16-11-6-2-3-7-11/h4-5,8,11,14-15H,2-3,6-7,9H2,1H3. The molecule has 1 aromatic rings. The third kappa shape index (κ3) is 2.54. The van der Waals surface area contributed by atoms with Crippen LogP contribution in [0.2, 0.25) is 0 Å². The van der Waals surface area contributed by atoms with E-state index in [1.165, 1.54) is 12.8 Å². The molecule has 1 fully saturated rings. The van der Waals surface area contributed by atoms with E-state index in [0.717, 1.165) is 29.7 Å². The number of ether oxygens (including phenoxy) is 1. The smallest absolute Gasteiger partial charge is 0.124 e. The molecular weight excluding hydrogens is 202 g/mol. The summed E-state index contributed by atoms with van der Waals surface area (Å²) >= 11 is 0. The van der Waals surface area contributed by atoms with Crippen LogP contribution in [0.4, 0.5) is 0 Å². The Labute approximate surface area is 96.4 Å². The molecule has 0 atom stereocenters. The highest BCUT2D eigenvalue weighted by atomic mass is 16.5. The molecule has 16 heavy (non-hydrogen) atoms. The first kappa shape index (κ1) is 11.4. The van der Waals surface area contributed by atoms with Crippen molar-refractivity contribution in [2.45, 2.75) is 45.3 Å².